The highest BCUT2D eigenvalue weighted by Crippen LogP contribution is 2.15. The van der Waals surface area contributed by atoms with Crippen LogP contribution in [0.4, 0.5) is 0 Å². The Morgan fingerprint density at radius 3 is 1.68 bits per heavy atom. The highest BCUT2D eigenvalue weighted by atomic mass is 16.1. The van der Waals surface area contributed by atoms with Crippen molar-refractivity contribution in [1.82, 2.24) is 4.98 Å². The van der Waals surface area contributed by atoms with E-state index in [0.717, 1.165) is 18.6 Å². The van der Waals surface area contributed by atoms with Crippen LogP contribution in [0, 0.1) is 5.92 Å². The number of H-pyrrole nitrogens is 1. The summed E-state index contributed by atoms with van der Waals surface area (Å²) >= 11 is 0. The molecule has 1 aromatic rings. The Kier molecular flexibility index (Phi) is 13.4. The maximum absolute atomic E-state index is 10.6. The smallest absolute Gasteiger partial charge is 0.166 e. The molecule has 0 unspecified atom stereocenters. The number of rotatable bonds is 17. The number of hydrogen-bond donors (Lipinski definition) is 1. The molecule has 0 aliphatic rings. The summed E-state index contributed by atoms with van der Waals surface area (Å²) in [5.41, 5.74) is 1.90. The van der Waals surface area contributed by atoms with E-state index in [1.807, 2.05) is 12.1 Å². The lowest BCUT2D eigenvalue weighted by Gasteiger charge is -2.05. The fourth-order valence-corrected chi connectivity index (χ4v) is 3.49. The Morgan fingerprint density at radius 1 is 0.760 bits per heavy atom. The third kappa shape index (κ3) is 12.9. The number of aldehydes is 1. The van der Waals surface area contributed by atoms with E-state index in [2.05, 4.69) is 18.8 Å². The molecular weight excluding hydrogens is 306 g/mol. The lowest BCUT2D eigenvalue weighted by atomic mass is 10.0. The lowest BCUT2D eigenvalue weighted by Crippen LogP contribution is -1.88. The van der Waals surface area contributed by atoms with Crippen molar-refractivity contribution in [2.45, 2.75) is 110 Å². The van der Waals surface area contributed by atoms with Crippen molar-refractivity contribution in [3.8, 4) is 0 Å². The van der Waals surface area contributed by atoms with Gasteiger partial charge in [-0.05, 0) is 30.9 Å². The molecule has 0 aliphatic heterocycles. The summed E-state index contributed by atoms with van der Waals surface area (Å²) in [6, 6.07) is 3.90. The van der Waals surface area contributed by atoms with Crippen molar-refractivity contribution in [3.63, 3.8) is 0 Å². The zero-order valence-electron chi connectivity index (χ0n) is 16.8. The first-order chi connectivity index (χ1) is 12.2. The molecule has 1 heterocycles. The van der Waals surface area contributed by atoms with Crippen LogP contribution in [-0.2, 0) is 6.42 Å². The number of nitrogens with one attached hydrogen (secondary N) is 1. The number of unbranched alkanes of at least 4 members (excludes halogenated alkanes) is 12. The van der Waals surface area contributed by atoms with Crippen molar-refractivity contribution in [2.75, 3.05) is 0 Å². The maximum Gasteiger partial charge on any atom is 0.166 e. The van der Waals surface area contributed by atoms with Crippen molar-refractivity contribution < 1.29 is 4.79 Å². The zero-order chi connectivity index (χ0) is 18.2. The van der Waals surface area contributed by atoms with Gasteiger partial charge in [-0.1, -0.05) is 97.3 Å². The van der Waals surface area contributed by atoms with Crippen LogP contribution in [0.25, 0.3) is 0 Å². The number of carbonyl (C=O) groups is 1. The van der Waals surface area contributed by atoms with Crippen molar-refractivity contribution in [1.29, 1.82) is 0 Å². The molecule has 25 heavy (non-hydrogen) atoms. The minimum Gasteiger partial charge on any atom is -0.356 e. The number of aromatic nitrogens is 1. The molecule has 0 aliphatic carbocycles. The van der Waals surface area contributed by atoms with E-state index in [1.54, 1.807) is 0 Å². The second kappa shape index (κ2) is 15.2. The summed E-state index contributed by atoms with van der Waals surface area (Å²) in [6.07, 6.45) is 21.6. The fourth-order valence-electron chi connectivity index (χ4n) is 3.49. The van der Waals surface area contributed by atoms with E-state index in [4.69, 9.17) is 0 Å². The first-order valence-electron chi connectivity index (χ1n) is 10.9. The highest BCUT2D eigenvalue weighted by molar-refractivity contribution is 5.71. The molecule has 0 fully saturated rings. The van der Waals surface area contributed by atoms with Gasteiger partial charge in [0.2, 0.25) is 0 Å². The summed E-state index contributed by atoms with van der Waals surface area (Å²) in [5.74, 6) is 0.879. The van der Waals surface area contributed by atoms with Gasteiger partial charge in [-0.3, -0.25) is 4.79 Å². The van der Waals surface area contributed by atoms with Crippen LogP contribution < -0.4 is 0 Å². The SMILES string of the molecule is CC(C)CCCCCCCCCCCCCCCc1ccc(C=O)[nH]1. The van der Waals surface area contributed by atoms with Crippen molar-refractivity contribution >= 4 is 6.29 Å². The molecule has 0 radical (unpaired) electrons. The van der Waals surface area contributed by atoms with Gasteiger partial charge in [0.25, 0.3) is 0 Å². The van der Waals surface area contributed by atoms with Gasteiger partial charge in [0.1, 0.15) is 0 Å². The summed E-state index contributed by atoms with van der Waals surface area (Å²) < 4.78 is 0. The molecule has 0 saturated heterocycles. The summed E-state index contributed by atoms with van der Waals surface area (Å²) in [6.45, 7) is 4.65. The molecular formula is C23H41NO. The van der Waals surface area contributed by atoms with Gasteiger partial charge in [0, 0.05) is 5.69 Å². The number of hydrogen-bond acceptors (Lipinski definition) is 1. The third-order valence-electron chi connectivity index (χ3n) is 5.12. The van der Waals surface area contributed by atoms with Crippen LogP contribution in [0.2, 0.25) is 0 Å². The summed E-state index contributed by atoms with van der Waals surface area (Å²) in [5, 5.41) is 0. The van der Waals surface area contributed by atoms with Crippen LogP contribution in [0.15, 0.2) is 12.1 Å². The van der Waals surface area contributed by atoms with Crippen LogP contribution in [-0.4, -0.2) is 11.3 Å². The first kappa shape index (κ1) is 22.0. The monoisotopic (exact) mass is 347 g/mol. The molecule has 2 heteroatoms. The van der Waals surface area contributed by atoms with E-state index >= 15 is 0 Å². The third-order valence-corrected chi connectivity index (χ3v) is 5.12. The van der Waals surface area contributed by atoms with Gasteiger partial charge in [-0.15, -0.1) is 0 Å². The van der Waals surface area contributed by atoms with E-state index in [1.165, 1.54) is 95.6 Å². The first-order valence-corrected chi connectivity index (χ1v) is 10.9. The molecule has 0 spiro atoms. The molecule has 0 bridgehead atoms. The van der Waals surface area contributed by atoms with Crippen LogP contribution in [0.1, 0.15) is 120 Å². The molecule has 1 rings (SSSR count). The molecule has 1 aromatic heterocycles. The van der Waals surface area contributed by atoms with Crippen molar-refractivity contribution in [3.05, 3.63) is 23.5 Å². The average Bonchev–Trinajstić information content (AvgIpc) is 3.06. The number of aryl methyl sites for hydroxylation is 1. The van der Waals surface area contributed by atoms with Crippen LogP contribution >= 0.6 is 0 Å². The predicted octanol–water partition coefficient (Wildman–Crippen LogP) is 7.49. The zero-order valence-corrected chi connectivity index (χ0v) is 16.8. The topological polar surface area (TPSA) is 32.9 Å². The van der Waals surface area contributed by atoms with E-state index < -0.39 is 0 Å². The second-order valence-electron chi connectivity index (χ2n) is 8.09. The Balaban J connectivity index is 1.75. The van der Waals surface area contributed by atoms with E-state index in [0.29, 0.717) is 5.69 Å². The molecule has 1 N–H and O–H groups in total. The lowest BCUT2D eigenvalue weighted by molar-refractivity contribution is 0.111. The minimum atomic E-state index is 0.700. The average molecular weight is 348 g/mol. The Hall–Kier alpha value is -1.05. The van der Waals surface area contributed by atoms with Gasteiger partial charge in [0.05, 0.1) is 5.69 Å². The van der Waals surface area contributed by atoms with Gasteiger partial charge in [0.15, 0.2) is 6.29 Å². The molecule has 2 nitrogen and oxygen atoms in total. The van der Waals surface area contributed by atoms with Crippen molar-refractivity contribution in [2.24, 2.45) is 5.92 Å². The van der Waals surface area contributed by atoms with Gasteiger partial charge in [-0.25, -0.2) is 0 Å². The summed E-state index contributed by atoms with van der Waals surface area (Å²) in [7, 11) is 0. The van der Waals surface area contributed by atoms with Gasteiger partial charge in [-0.2, -0.15) is 0 Å². The van der Waals surface area contributed by atoms with Crippen LogP contribution in [0.5, 0.6) is 0 Å². The van der Waals surface area contributed by atoms with Gasteiger partial charge < -0.3 is 4.98 Å². The molecule has 144 valence electrons. The second-order valence-corrected chi connectivity index (χ2v) is 8.09. The summed E-state index contributed by atoms with van der Waals surface area (Å²) in [4.78, 5) is 13.8. The standard InChI is InChI=1S/C23H41NO/c1-21(2)16-14-12-10-8-6-4-3-5-7-9-11-13-15-17-22-18-19-23(20-25)24-22/h18-21,24H,3-17H2,1-2H3. The normalized spacial score (nSPS) is 11.3. The Labute approximate surface area is 156 Å². The van der Waals surface area contributed by atoms with E-state index in [9.17, 15) is 4.79 Å². The molecule has 0 aromatic carbocycles. The van der Waals surface area contributed by atoms with E-state index in [-0.39, 0.29) is 0 Å². The number of carbonyl (C=O) groups excluding carboxylic acids is 1. The largest absolute Gasteiger partial charge is 0.356 e. The Morgan fingerprint density at radius 2 is 1.24 bits per heavy atom. The minimum absolute atomic E-state index is 0.700. The fraction of sp³-hybridized carbons (Fsp3) is 0.783. The quantitative estimate of drug-likeness (QED) is 0.230. The number of aromatic amines is 1. The molecule has 0 amide bonds. The molecule has 0 saturated carbocycles. The predicted molar refractivity (Wildman–Crippen MR) is 109 cm³/mol. The maximum atomic E-state index is 10.6. The van der Waals surface area contributed by atoms with Gasteiger partial charge >= 0.3 is 0 Å². The molecule has 0 atom stereocenters. The van der Waals surface area contributed by atoms with Crippen LogP contribution in [0.3, 0.4) is 0 Å². The Bertz CT molecular complexity index is 421. The highest BCUT2D eigenvalue weighted by Gasteiger charge is 1.98.